The average Bonchev–Trinajstić information content (AvgIpc) is 2.44. The largest absolute Gasteiger partial charge is 0.497 e. The highest BCUT2D eigenvalue weighted by Gasteiger charge is 1.98. The molecule has 0 heterocycles. The van der Waals surface area contributed by atoms with E-state index in [-0.39, 0.29) is 0 Å². The number of nitrogens with two attached hydrogens (primary N) is 1. The van der Waals surface area contributed by atoms with Crippen molar-refractivity contribution >= 4 is 15.9 Å². The Morgan fingerprint density at radius 1 is 1.05 bits per heavy atom. The van der Waals surface area contributed by atoms with Crippen molar-refractivity contribution in [2.45, 2.75) is 13.0 Å². The first-order chi connectivity index (χ1) is 9.28. The first kappa shape index (κ1) is 14.1. The van der Waals surface area contributed by atoms with Crippen molar-refractivity contribution in [3.63, 3.8) is 0 Å². The van der Waals surface area contributed by atoms with Crippen molar-refractivity contribution in [1.82, 2.24) is 0 Å². The quantitative estimate of drug-likeness (QED) is 0.814. The van der Waals surface area contributed by atoms with Gasteiger partial charge < -0.3 is 10.1 Å². The van der Waals surface area contributed by atoms with Crippen LogP contribution in [0.2, 0.25) is 0 Å². The highest BCUT2D eigenvalue weighted by Crippen LogP contribution is 2.11. The minimum absolute atomic E-state index is 0.918. The Kier molecular flexibility index (Phi) is 5.43. The van der Waals surface area contributed by atoms with Gasteiger partial charge in [-0.15, -0.1) is 0 Å². The van der Waals surface area contributed by atoms with Crippen LogP contribution >= 0.6 is 15.9 Å². The lowest BCUT2D eigenvalue weighted by atomic mass is 10.1. The summed E-state index contributed by atoms with van der Waals surface area (Å²) in [6.07, 6.45) is 1.08. The number of hydrogen-bond acceptors (Lipinski definition) is 1. The van der Waals surface area contributed by atoms with E-state index in [1.807, 2.05) is 12.1 Å². The topological polar surface area (TPSA) is 25.8 Å². The number of benzene rings is 2. The standard InChI is InChI=1S/C16H18BrNO/c1-19-16-7-5-13(6-8-16)9-10-18-12-14-3-2-4-15(17)11-14/h2-8,11,18H,9-10,12H2,1H3/p+1. The Morgan fingerprint density at radius 2 is 1.84 bits per heavy atom. The second kappa shape index (κ2) is 7.31. The molecule has 19 heavy (non-hydrogen) atoms. The molecule has 3 heteroatoms. The number of ether oxygens (including phenoxy) is 1. The normalized spacial score (nSPS) is 10.4. The third-order valence-corrected chi connectivity index (χ3v) is 3.56. The van der Waals surface area contributed by atoms with Crippen molar-refractivity contribution in [1.29, 1.82) is 0 Å². The van der Waals surface area contributed by atoms with E-state index in [2.05, 4.69) is 57.6 Å². The first-order valence-electron chi connectivity index (χ1n) is 6.47. The summed E-state index contributed by atoms with van der Waals surface area (Å²) >= 11 is 3.50. The number of methoxy groups -OCH3 is 1. The zero-order chi connectivity index (χ0) is 13.5. The van der Waals surface area contributed by atoms with E-state index < -0.39 is 0 Å². The van der Waals surface area contributed by atoms with Gasteiger partial charge in [-0.3, -0.25) is 0 Å². The Balaban J connectivity index is 1.74. The lowest BCUT2D eigenvalue weighted by Crippen LogP contribution is -2.83. The van der Waals surface area contributed by atoms with Gasteiger partial charge in [-0.25, -0.2) is 0 Å². The van der Waals surface area contributed by atoms with Crippen LogP contribution in [0.1, 0.15) is 11.1 Å². The molecule has 2 N–H and O–H groups in total. The van der Waals surface area contributed by atoms with Gasteiger partial charge in [-0.1, -0.05) is 40.2 Å². The van der Waals surface area contributed by atoms with Gasteiger partial charge in [0.25, 0.3) is 0 Å². The van der Waals surface area contributed by atoms with Crippen LogP contribution in [0.25, 0.3) is 0 Å². The van der Waals surface area contributed by atoms with Gasteiger partial charge in [0.2, 0.25) is 0 Å². The van der Waals surface area contributed by atoms with E-state index in [9.17, 15) is 0 Å². The predicted octanol–water partition coefficient (Wildman–Crippen LogP) is 2.76. The van der Waals surface area contributed by atoms with Crippen LogP contribution in [0.4, 0.5) is 0 Å². The molecule has 100 valence electrons. The van der Waals surface area contributed by atoms with Gasteiger partial charge in [-0.2, -0.15) is 0 Å². The molecule has 0 atom stereocenters. The molecule has 0 aromatic heterocycles. The fourth-order valence-electron chi connectivity index (χ4n) is 1.99. The molecular formula is C16H19BrNO+. The lowest BCUT2D eigenvalue weighted by molar-refractivity contribution is -0.670. The number of halogens is 1. The summed E-state index contributed by atoms with van der Waals surface area (Å²) in [6.45, 7) is 2.12. The molecule has 0 radical (unpaired) electrons. The monoisotopic (exact) mass is 320 g/mol. The minimum Gasteiger partial charge on any atom is -0.497 e. The molecule has 0 amide bonds. The van der Waals surface area contributed by atoms with Crippen molar-refractivity contribution in [2.24, 2.45) is 0 Å². The molecule has 0 aliphatic carbocycles. The zero-order valence-electron chi connectivity index (χ0n) is 11.1. The van der Waals surface area contributed by atoms with Gasteiger partial charge in [-0.05, 0) is 29.8 Å². The van der Waals surface area contributed by atoms with E-state index in [0.29, 0.717) is 0 Å². The van der Waals surface area contributed by atoms with Gasteiger partial charge in [0.05, 0.1) is 13.7 Å². The minimum atomic E-state index is 0.918. The van der Waals surface area contributed by atoms with Crippen LogP contribution in [0, 0.1) is 0 Å². The molecule has 0 aliphatic heterocycles. The summed E-state index contributed by atoms with van der Waals surface area (Å²) in [5, 5.41) is 2.34. The summed E-state index contributed by atoms with van der Waals surface area (Å²) in [7, 11) is 1.70. The van der Waals surface area contributed by atoms with Crippen LogP contribution in [0.3, 0.4) is 0 Å². The lowest BCUT2D eigenvalue weighted by Gasteiger charge is -2.04. The fourth-order valence-corrected chi connectivity index (χ4v) is 2.44. The molecule has 0 saturated heterocycles. The number of quaternary nitrogens is 1. The molecule has 0 unspecified atom stereocenters. The Bertz CT molecular complexity index is 510. The number of rotatable bonds is 6. The molecule has 2 aromatic rings. The SMILES string of the molecule is COc1ccc(CC[NH2+]Cc2cccc(Br)c2)cc1. The van der Waals surface area contributed by atoms with Crippen molar-refractivity contribution in [3.05, 3.63) is 64.1 Å². The second-order valence-electron chi connectivity index (χ2n) is 4.51. The van der Waals surface area contributed by atoms with Crippen molar-refractivity contribution < 1.29 is 10.1 Å². The molecular weight excluding hydrogens is 302 g/mol. The summed E-state index contributed by atoms with van der Waals surface area (Å²) in [6, 6.07) is 16.8. The summed E-state index contributed by atoms with van der Waals surface area (Å²) < 4.78 is 6.30. The Labute approximate surface area is 122 Å². The fraction of sp³-hybridized carbons (Fsp3) is 0.250. The smallest absolute Gasteiger partial charge is 0.118 e. The van der Waals surface area contributed by atoms with E-state index in [1.54, 1.807) is 7.11 Å². The van der Waals surface area contributed by atoms with Gasteiger partial charge in [0, 0.05) is 16.5 Å². The molecule has 0 aliphatic rings. The molecule has 0 bridgehead atoms. The third-order valence-electron chi connectivity index (χ3n) is 3.07. The van der Waals surface area contributed by atoms with Gasteiger partial charge >= 0.3 is 0 Å². The molecule has 0 fully saturated rings. The summed E-state index contributed by atoms with van der Waals surface area (Å²) in [5.74, 6) is 0.918. The van der Waals surface area contributed by atoms with Crippen molar-refractivity contribution in [2.75, 3.05) is 13.7 Å². The van der Waals surface area contributed by atoms with Gasteiger partial charge in [0.15, 0.2) is 0 Å². The highest BCUT2D eigenvalue weighted by molar-refractivity contribution is 9.10. The number of hydrogen-bond donors (Lipinski definition) is 1. The van der Waals surface area contributed by atoms with E-state index >= 15 is 0 Å². The average molecular weight is 321 g/mol. The van der Waals surface area contributed by atoms with Gasteiger partial charge in [0.1, 0.15) is 12.3 Å². The van der Waals surface area contributed by atoms with Crippen LogP contribution in [0.15, 0.2) is 53.0 Å². The van der Waals surface area contributed by atoms with Crippen LogP contribution in [0.5, 0.6) is 5.75 Å². The van der Waals surface area contributed by atoms with Crippen LogP contribution in [-0.2, 0) is 13.0 Å². The Hall–Kier alpha value is -1.32. The summed E-state index contributed by atoms with van der Waals surface area (Å²) in [5.41, 5.74) is 2.70. The molecule has 2 aromatic carbocycles. The first-order valence-corrected chi connectivity index (χ1v) is 7.26. The molecule has 0 saturated carbocycles. The maximum absolute atomic E-state index is 5.15. The maximum atomic E-state index is 5.15. The van der Waals surface area contributed by atoms with E-state index in [4.69, 9.17) is 4.74 Å². The summed E-state index contributed by atoms with van der Waals surface area (Å²) in [4.78, 5) is 0. The highest BCUT2D eigenvalue weighted by atomic mass is 79.9. The van der Waals surface area contributed by atoms with Crippen LogP contribution in [-0.4, -0.2) is 13.7 Å². The Morgan fingerprint density at radius 3 is 2.53 bits per heavy atom. The van der Waals surface area contributed by atoms with E-state index in [0.717, 1.165) is 29.7 Å². The van der Waals surface area contributed by atoms with Crippen molar-refractivity contribution in [3.8, 4) is 5.75 Å². The second-order valence-corrected chi connectivity index (χ2v) is 5.43. The molecule has 2 nitrogen and oxygen atoms in total. The maximum Gasteiger partial charge on any atom is 0.118 e. The van der Waals surface area contributed by atoms with Crippen LogP contribution < -0.4 is 10.1 Å². The molecule has 0 spiro atoms. The van der Waals surface area contributed by atoms with E-state index in [1.165, 1.54) is 11.1 Å². The zero-order valence-corrected chi connectivity index (χ0v) is 12.7. The third kappa shape index (κ3) is 4.69. The molecule has 2 rings (SSSR count). The predicted molar refractivity (Wildman–Crippen MR) is 81.3 cm³/mol.